The van der Waals surface area contributed by atoms with Crippen molar-refractivity contribution in [1.82, 2.24) is 15.0 Å². The lowest BCUT2D eigenvalue weighted by atomic mass is 9.93. The summed E-state index contributed by atoms with van der Waals surface area (Å²) >= 11 is 1.84. The van der Waals surface area contributed by atoms with Gasteiger partial charge in [-0.25, -0.2) is 15.0 Å². The summed E-state index contributed by atoms with van der Waals surface area (Å²) < 4.78 is 9.29. The van der Waals surface area contributed by atoms with E-state index < -0.39 is 0 Å². The van der Waals surface area contributed by atoms with E-state index in [1.165, 1.54) is 31.3 Å². The van der Waals surface area contributed by atoms with Crippen LogP contribution in [0.2, 0.25) is 0 Å². The van der Waals surface area contributed by atoms with Gasteiger partial charge in [0.25, 0.3) is 0 Å². The summed E-state index contributed by atoms with van der Waals surface area (Å²) in [5.74, 6) is 1.88. The number of rotatable bonds is 6. The Bertz CT molecular complexity index is 3220. The molecule has 0 spiro atoms. The van der Waals surface area contributed by atoms with Gasteiger partial charge in [0.05, 0.1) is 0 Å². The van der Waals surface area contributed by atoms with E-state index in [0.29, 0.717) is 17.5 Å². The molecule has 0 unspecified atom stereocenters. The summed E-state index contributed by atoms with van der Waals surface area (Å²) in [6, 6.07) is 65.6. The fourth-order valence-electron chi connectivity index (χ4n) is 7.78. The summed E-state index contributed by atoms with van der Waals surface area (Å²) in [6.07, 6.45) is 0. The monoisotopic (exact) mass is 733 g/mol. The van der Waals surface area contributed by atoms with E-state index >= 15 is 0 Å². The molecule has 0 N–H and O–H groups in total. The molecule has 3 heterocycles. The van der Waals surface area contributed by atoms with E-state index in [1.54, 1.807) is 0 Å². The van der Waals surface area contributed by atoms with Gasteiger partial charge in [-0.15, -0.1) is 11.3 Å². The molecule has 8 aromatic carbocycles. The standard InChI is InChI=1S/C51H31N3OS/c1-3-11-32(12-4-1)33-19-23-36(24-20-33)50-52-49(35-13-5-2-6-14-35)53-51(54-50)37-25-21-34(22-26-37)40-29-28-39(47-42-16-7-9-17-44(42)55-48(40)47)38-27-30-46-43(31-38)41-15-8-10-18-45(41)56-46/h1-31H. The molecule has 0 fully saturated rings. The van der Waals surface area contributed by atoms with Gasteiger partial charge in [0, 0.05) is 53.2 Å². The lowest BCUT2D eigenvalue weighted by Crippen LogP contribution is -2.00. The van der Waals surface area contributed by atoms with Crippen LogP contribution in [0, 0.1) is 0 Å². The maximum atomic E-state index is 6.69. The summed E-state index contributed by atoms with van der Waals surface area (Å²) in [7, 11) is 0. The largest absolute Gasteiger partial charge is 0.455 e. The fraction of sp³-hybridized carbons (Fsp3) is 0. The minimum Gasteiger partial charge on any atom is -0.455 e. The van der Waals surface area contributed by atoms with Gasteiger partial charge in [-0.3, -0.25) is 0 Å². The van der Waals surface area contributed by atoms with Crippen molar-refractivity contribution in [3.05, 3.63) is 188 Å². The minimum atomic E-state index is 0.619. The van der Waals surface area contributed by atoms with Crippen LogP contribution in [0.3, 0.4) is 0 Å². The zero-order valence-electron chi connectivity index (χ0n) is 30.1. The third kappa shape index (κ3) is 5.56. The number of aromatic nitrogens is 3. The molecule has 0 amide bonds. The Morgan fingerprint density at radius 3 is 1.52 bits per heavy atom. The van der Waals surface area contributed by atoms with Gasteiger partial charge in [-0.05, 0) is 58.1 Å². The van der Waals surface area contributed by atoms with Gasteiger partial charge >= 0.3 is 0 Å². The third-order valence-corrected chi connectivity index (χ3v) is 11.7. The fourth-order valence-corrected chi connectivity index (χ4v) is 8.87. The summed E-state index contributed by atoms with van der Waals surface area (Å²) in [4.78, 5) is 15.0. The molecular formula is C51H31N3OS. The highest BCUT2D eigenvalue weighted by Crippen LogP contribution is 2.44. The van der Waals surface area contributed by atoms with Crippen LogP contribution in [-0.2, 0) is 0 Å². The number of hydrogen-bond donors (Lipinski definition) is 0. The number of nitrogens with zero attached hydrogens (tertiary/aromatic N) is 3. The summed E-state index contributed by atoms with van der Waals surface area (Å²) in [5.41, 5.74) is 11.3. The van der Waals surface area contributed by atoms with Gasteiger partial charge in [-0.2, -0.15) is 0 Å². The van der Waals surface area contributed by atoms with E-state index in [4.69, 9.17) is 19.4 Å². The highest BCUT2D eigenvalue weighted by molar-refractivity contribution is 7.25. The van der Waals surface area contributed by atoms with Crippen molar-refractivity contribution in [2.75, 3.05) is 0 Å². The van der Waals surface area contributed by atoms with Crippen molar-refractivity contribution in [1.29, 1.82) is 0 Å². The van der Waals surface area contributed by atoms with Crippen molar-refractivity contribution in [2.45, 2.75) is 0 Å². The molecule has 0 aliphatic carbocycles. The molecule has 262 valence electrons. The smallest absolute Gasteiger partial charge is 0.164 e. The molecule has 56 heavy (non-hydrogen) atoms. The van der Waals surface area contributed by atoms with Crippen LogP contribution < -0.4 is 0 Å². The van der Waals surface area contributed by atoms with Crippen LogP contribution in [-0.4, -0.2) is 15.0 Å². The molecular weight excluding hydrogens is 703 g/mol. The molecule has 0 saturated carbocycles. The number of thiophene rings is 1. The SMILES string of the molecule is c1ccc(-c2ccc(-c3nc(-c4ccccc4)nc(-c4ccc(-c5ccc(-c6ccc7sc8ccccc8c7c6)c6c5oc5ccccc56)cc4)n3)cc2)cc1. The number of fused-ring (bicyclic) bond motifs is 6. The number of benzene rings is 8. The summed E-state index contributed by atoms with van der Waals surface area (Å²) in [5, 5.41) is 4.80. The van der Waals surface area contributed by atoms with Gasteiger partial charge in [0.15, 0.2) is 17.5 Å². The Balaban J connectivity index is 1.00. The molecule has 3 aromatic heterocycles. The number of para-hydroxylation sites is 1. The first-order valence-corrected chi connectivity index (χ1v) is 19.5. The van der Waals surface area contributed by atoms with Gasteiger partial charge in [0.1, 0.15) is 11.2 Å². The molecule has 0 radical (unpaired) electrons. The molecule has 0 bridgehead atoms. The van der Waals surface area contributed by atoms with Crippen LogP contribution in [0.25, 0.3) is 110 Å². The van der Waals surface area contributed by atoms with Crippen molar-refractivity contribution in [2.24, 2.45) is 0 Å². The average molecular weight is 734 g/mol. The first-order valence-electron chi connectivity index (χ1n) is 18.7. The summed E-state index contributed by atoms with van der Waals surface area (Å²) in [6.45, 7) is 0. The van der Waals surface area contributed by atoms with Crippen LogP contribution in [0.1, 0.15) is 0 Å². The maximum Gasteiger partial charge on any atom is 0.164 e. The Kier molecular flexibility index (Phi) is 7.64. The zero-order valence-corrected chi connectivity index (χ0v) is 30.9. The Labute approximate surface area is 327 Å². The Hall–Kier alpha value is -7.21. The van der Waals surface area contributed by atoms with Crippen molar-refractivity contribution in [3.8, 4) is 67.5 Å². The van der Waals surface area contributed by atoms with Crippen molar-refractivity contribution >= 4 is 53.4 Å². The van der Waals surface area contributed by atoms with Crippen LogP contribution in [0.4, 0.5) is 0 Å². The molecule has 4 nitrogen and oxygen atoms in total. The first-order chi connectivity index (χ1) is 27.7. The van der Waals surface area contributed by atoms with E-state index in [2.05, 4.69) is 146 Å². The van der Waals surface area contributed by atoms with E-state index in [-0.39, 0.29) is 0 Å². The van der Waals surface area contributed by atoms with Gasteiger partial charge in [-0.1, -0.05) is 158 Å². The molecule has 11 aromatic rings. The Morgan fingerprint density at radius 1 is 0.339 bits per heavy atom. The minimum absolute atomic E-state index is 0.619. The number of furan rings is 1. The van der Waals surface area contributed by atoms with Crippen molar-refractivity contribution in [3.63, 3.8) is 0 Å². The predicted octanol–water partition coefficient (Wildman–Crippen LogP) is 14.1. The molecule has 5 heteroatoms. The zero-order chi connectivity index (χ0) is 37.0. The molecule has 0 atom stereocenters. The highest BCUT2D eigenvalue weighted by Gasteiger charge is 2.19. The van der Waals surface area contributed by atoms with E-state index in [0.717, 1.165) is 60.9 Å². The third-order valence-electron chi connectivity index (χ3n) is 10.6. The second kappa shape index (κ2) is 13.3. The lowest BCUT2D eigenvalue weighted by molar-refractivity contribution is 0.670. The first kappa shape index (κ1) is 32.2. The molecule has 11 rings (SSSR count). The molecule has 0 saturated heterocycles. The van der Waals surface area contributed by atoms with E-state index in [9.17, 15) is 0 Å². The molecule has 0 aliphatic rings. The maximum absolute atomic E-state index is 6.69. The second-order valence-corrected chi connectivity index (χ2v) is 15.0. The second-order valence-electron chi connectivity index (χ2n) is 14.0. The molecule has 0 aliphatic heterocycles. The van der Waals surface area contributed by atoms with Crippen LogP contribution >= 0.6 is 11.3 Å². The van der Waals surface area contributed by atoms with Gasteiger partial charge < -0.3 is 4.42 Å². The normalized spacial score (nSPS) is 11.6. The van der Waals surface area contributed by atoms with Gasteiger partial charge in [0.2, 0.25) is 0 Å². The van der Waals surface area contributed by atoms with Crippen molar-refractivity contribution < 1.29 is 4.42 Å². The Morgan fingerprint density at radius 2 is 0.821 bits per heavy atom. The van der Waals surface area contributed by atoms with E-state index in [1.807, 2.05) is 53.8 Å². The number of hydrogen-bond acceptors (Lipinski definition) is 5. The topological polar surface area (TPSA) is 51.8 Å². The quantitative estimate of drug-likeness (QED) is 0.171. The average Bonchev–Trinajstić information content (AvgIpc) is 3.85. The highest BCUT2D eigenvalue weighted by atomic mass is 32.1. The predicted molar refractivity (Wildman–Crippen MR) is 233 cm³/mol. The van der Waals surface area contributed by atoms with Crippen LogP contribution in [0.15, 0.2) is 192 Å². The van der Waals surface area contributed by atoms with Crippen LogP contribution in [0.5, 0.6) is 0 Å². The lowest BCUT2D eigenvalue weighted by Gasteiger charge is -2.11.